The van der Waals surface area contributed by atoms with Gasteiger partial charge in [0.05, 0.1) is 22.8 Å². The molecule has 524 valence electrons. The van der Waals surface area contributed by atoms with E-state index >= 15 is 0 Å². The van der Waals surface area contributed by atoms with E-state index in [4.69, 9.17) is 4.74 Å². The number of para-hydroxylation sites is 2. The van der Waals surface area contributed by atoms with Crippen molar-refractivity contribution in [1.82, 2.24) is 9.97 Å². The second-order valence-corrected chi connectivity index (χ2v) is 40.0. The van der Waals surface area contributed by atoms with Gasteiger partial charge in [0, 0.05) is 102 Å². The number of fused-ring (bicyclic) bond motifs is 6. The molecule has 0 aliphatic rings. The Morgan fingerprint density at radius 3 is 1.06 bits per heavy atom. The van der Waals surface area contributed by atoms with Gasteiger partial charge in [-0.1, -0.05) is 261 Å². The van der Waals surface area contributed by atoms with Crippen LogP contribution in [0.1, 0.15) is 34.6 Å². The zero-order valence-corrected chi connectivity index (χ0v) is 64.4. The Labute approximate surface area is 640 Å². The number of ether oxygens (including phenoxy) is 1. The van der Waals surface area contributed by atoms with Crippen LogP contribution in [0.5, 0.6) is 5.75 Å². The summed E-state index contributed by atoms with van der Waals surface area (Å²) < 4.78 is 8.00. The molecule has 0 fully saturated rings. The largest absolute Gasteiger partial charge is 0.494 e. The number of nitrogens with zero attached hydrogens (tertiary/aromatic N) is 6. The standard InChI is InChI=1S/C46H45BrN4Si2.C46H37BrN2O.2CH4/c1-52(2,3)45-24-22-41(23-25-45)50(39-18-14-34(15-19-39)36-10-8-26-48-32-36)43-28-38(47)29-44(30-43)51(42-12-7-13-46(31-42)53(4,5)6)40-20-16-35(17-21-40)37-11-9-27-49-33-37;1-2-3-28-50-40-25-22-36(23-26-40)48(34-14-6-4-7-15-34)38-29-33(47)30-39(31-38)49(35-16-8-5-9-17-35)37-24-27-45-43-20-11-10-18-41(43)42-19-12-13-21-44(42)46(45)32-37;;/h7-33H,1-6H3;4-27,29-32H,2-3,28H2,1H3;2*1H4. The quantitative estimate of drug-likeness (QED) is 0.0428. The molecule has 0 aliphatic heterocycles. The molecule has 7 nitrogen and oxygen atoms in total. The van der Waals surface area contributed by atoms with Crippen LogP contribution in [-0.2, 0) is 0 Å². The van der Waals surface area contributed by atoms with Gasteiger partial charge in [0.25, 0.3) is 0 Å². The predicted molar refractivity (Wildman–Crippen MR) is 466 cm³/mol. The van der Waals surface area contributed by atoms with Crippen molar-refractivity contribution in [2.45, 2.75) is 73.9 Å². The van der Waals surface area contributed by atoms with Crippen molar-refractivity contribution in [3.05, 3.63) is 343 Å². The lowest BCUT2D eigenvalue weighted by Crippen LogP contribution is -2.37. The zero-order valence-electron chi connectivity index (χ0n) is 59.2. The Hall–Kier alpha value is -10.7. The molecule has 0 amide bonds. The minimum Gasteiger partial charge on any atom is -0.494 e. The van der Waals surface area contributed by atoms with Gasteiger partial charge in [0.15, 0.2) is 0 Å². The number of halogens is 2. The van der Waals surface area contributed by atoms with Gasteiger partial charge in [-0.2, -0.15) is 0 Å². The first-order valence-electron chi connectivity index (χ1n) is 35.3. The van der Waals surface area contributed by atoms with E-state index in [1.807, 2.05) is 36.9 Å². The highest BCUT2D eigenvalue weighted by Crippen LogP contribution is 2.47. The molecule has 0 aliphatic carbocycles. The topological polar surface area (TPSA) is 48.0 Å². The molecule has 2 aromatic heterocycles. The maximum Gasteiger partial charge on any atom is 0.119 e. The molecular weight excluding hydrogens is 1450 g/mol. The number of hydrogen-bond donors (Lipinski definition) is 0. The minimum absolute atomic E-state index is 0. The van der Waals surface area contributed by atoms with E-state index in [9.17, 15) is 0 Å². The zero-order chi connectivity index (χ0) is 71.0. The third kappa shape index (κ3) is 16.8. The molecule has 105 heavy (non-hydrogen) atoms. The van der Waals surface area contributed by atoms with Gasteiger partial charge in [-0.3, -0.25) is 9.97 Å². The second kappa shape index (κ2) is 33.0. The Kier molecular flexibility index (Phi) is 23.3. The number of benzene rings is 13. The van der Waals surface area contributed by atoms with Crippen molar-refractivity contribution in [1.29, 1.82) is 0 Å². The molecule has 0 bridgehead atoms. The fraction of sp³-hybridized carbons (Fsp3) is 0.128. The van der Waals surface area contributed by atoms with E-state index in [2.05, 4.69) is 405 Å². The number of pyridine rings is 2. The third-order valence-electron chi connectivity index (χ3n) is 18.8. The highest BCUT2D eigenvalue weighted by Gasteiger charge is 2.25. The smallest absolute Gasteiger partial charge is 0.119 e. The molecular formula is C94H90Br2N6OSi2. The van der Waals surface area contributed by atoms with Gasteiger partial charge < -0.3 is 24.3 Å². The summed E-state index contributed by atoms with van der Waals surface area (Å²) in [5, 5.41) is 10.4. The highest BCUT2D eigenvalue weighted by molar-refractivity contribution is 9.10. The van der Waals surface area contributed by atoms with Gasteiger partial charge >= 0.3 is 0 Å². The molecule has 11 heteroatoms. The normalized spacial score (nSPS) is 11.2. The fourth-order valence-corrected chi connectivity index (χ4v) is 16.8. The van der Waals surface area contributed by atoms with Gasteiger partial charge in [0.2, 0.25) is 0 Å². The van der Waals surface area contributed by atoms with Crippen molar-refractivity contribution in [2.24, 2.45) is 0 Å². The average Bonchev–Trinajstić information content (AvgIpc) is 0.746. The average molecular weight is 1540 g/mol. The van der Waals surface area contributed by atoms with E-state index in [0.717, 1.165) is 125 Å². The van der Waals surface area contributed by atoms with Crippen LogP contribution in [0.15, 0.2) is 343 Å². The summed E-state index contributed by atoms with van der Waals surface area (Å²) in [5.41, 5.74) is 17.4. The van der Waals surface area contributed by atoms with E-state index in [0.29, 0.717) is 0 Å². The van der Waals surface area contributed by atoms with Gasteiger partial charge in [-0.25, -0.2) is 0 Å². The van der Waals surface area contributed by atoms with Gasteiger partial charge in [0.1, 0.15) is 5.75 Å². The summed E-state index contributed by atoms with van der Waals surface area (Å²) in [4.78, 5) is 18.1. The van der Waals surface area contributed by atoms with Crippen LogP contribution >= 0.6 is 31.9 Å². The molecule has 0 unspecified atom stereocenters. The van der Waals surface area contributed by atoms with Crippen LogP contribution in [0.25, 0.3) is 54.6 Å². The van der Waals surface area contributed by atoms with Crippen LogP contribution in [0.3, 0.4) is 0 Å². The summed E-state index contributed by atoms with van der Waals surface area (Å²) >= 11 is 7.87. The Morgan fingerprint density at radius 2 is 0.648 bits per heavy atom. The summed E-state index contributed by atoms with van der Waals surface area (Å²) in [6.07, 6.45) is 9.61. The van der Waals surface area contributed by atoms with Crippen molar-refractivity contribution >= 4 is 159 Å². The number of hydrogen-bond acceptors (Lipinski definition) is 7. The van der Waals surface area contributed by atoms with Crippen molar-refractivity contribution in [2.75, 3.05) is 26.2 Å². The SMILES string of the molecule is C.C.CCCCOc1ccc(N(c2ccccc2)c2cc(Br)cc(N(c3ccccc3)c3ccc4c5ccccc5c5ccccc5c4c3)c2)cc1.C[Si](C)(C)c1ccc(N(c2ccc(-c3cccnc3)cc2)c2cc(Br)cc(N(c3ccc(-c4cccnc4)cc3)c3cccc([Si](C)(C)C)c3)c2)cc1. The van der Waals surface area contributed by atoms with E-state index < -0.39 is 16.1 Å². The molecule has 2 heterocycles. The number of aromatic nitrogens is 2. The van der Waals surface area contributed by atoms with Crippen molar-refractivity contribution < 1.29 is 4.74 Å². The second-order valence-electron chi connectivity index (χ2n) is 28.0. The lowest BCUT2D eigenvalue weighted by Gasteiger charge is -2.31. The van der Waals surface area contributed by atoms with Gasteiger partial charge in [-0.05, 0) is 219 Å². The van der Waals surface area contributed by atoms with E-state index in [1.54, 1.807) is 0 Å². The van der Waals surface area contributed by atoms with E-state index in [1.165, 1.54) is 42.7 Å². The predicted octanol–water partition coefficient (Wildman–Crippen LogP) is 27.9. The maximum atomic E-state index is 6.01. The maximum absolute atomic E-state index is 6.01. The molecule has 13 aromatic carbocycles. The number of unbranched alkanes of at least 4 members (excludes halogenated alkanes) is 1. The lowest BCUT2D eigenvalue weighted by atomic mass is 9.94. The van der Waals surface area contributed by atoms with Crippen LogP contribution in [0.2, 0.25) is 39.3 Å². The molecule has 0 saturated heterocycles. The molecule has 0 saturated carbocycles. The Morgan fingerprint density at radius 1 is 0.295 bits per heavy atom. The monoisotopic (exact) mass is 1530 g/mol. The highest BCUT2D eigenvalue weighted by atomic mass is 79.9. The summed E-state index contributed by atoms with van der Waals surface area (Å²) in [7, 11) is -3.08. The lowest BCUT2D eigenvalue weighted by molar-refractivity contribution is 0.309. The van der Waals surface area contributed by atoms with E-state index in [-0.39, 0.29) is 14.9 Å². The van der Waals surface area contributed by atoms with Crippen LogP contribution < -0.4 is 34.7 Å². The molecule has 15 rings (SSSR count). The molecule has 0 atom stereocenters. The number of rotatable bonds is 20. The molecule has 0 radical (unpaired) electrons. The molecule has 0 N–H and O–H groups in total. The van der Waals surface area contributed by atoms with Gasteiger partial charge in [-0.15, -0.1) is 0 Å². The summed E-state index contributed by atoms with van der Waals surface area (Å²) in [6.45, 7) is 17.3. The first kappa shape index (κ1) is 74.1. The summed E-state index contributed by atoms with van der Waals surface area (Å²) in [5.74, 6) is 0.886. The Bertz CT molecular complexity index is 5360. The Balaban J connectivity index is 0.000000194. The van der Waals surface area contributed by atoms with Crippen LogP contribution in [0.4, 0.5) is 68.2 Å². The van der Waals surface area contributed by atoms with Crippen LogP contribution in [0, 0.1) is 0 Å². The number of anilines is 12. The summed E-state index contributed by atoms with van der Waals surface area (Å²) in [6, 6.07) is 111. The first-order valence-corrected chi connectivity index (χ1v) is 43.9. The fourth-order valence-electron chi connectivity index (χ4n) is 13.5. The molecule has 15 aromatic rings. The molecule has 0 spiro atoms. The van der Waals surface area contributed by atoms with Crippen molar-refractivity contribution in [3.8, 4) is 28.0 Å². The van der Waals surface area contributed by atoms with Crippen LogP contribution in [-0.4, -0.2) is 32.7 Å². The van der Waals surface area contributed by atoms with Crippen molar-refractivity contribution in [3.63, 3.8) is 0 Å². The first-order chi connectivity index (χ1) is 50.1. The third-order valence-corrected chi connectivity index (χ3v) is 23.9. The minimum atomic E-state index is -1.59.